The summed E-state index contributed by atoms with van der Waals surface area (Å²) in [5.41, 5.74) is 6.96. The van der Waals surface area contributed by atoms with Crippen LogP contribution in [0.15, 0.2) is 35.3 Å². The van der Waals surface area contributed by atoms with Gasteiger partial charge in [0.2, 0.25) is 0 Å². The van der Waals surface area contributed by atoms with Gasteiger partial charge < -0.3 is 5.73 Å². The SMILES string of the molecule is C=CC[C@@H](N)c1ccc(Cl)c(Br)c1. The van der Waals surface area contributed by atoms with Gasteiger partial charge >= 0.3 is 0 Å². The third kappa shape index (κ3) is 2.83. The Labute approximate surface area is 91.7 Å². The fourth-order valence-electron chi connectivity index (χ4n) is 1.06. The zero-order valence-corrected chi connectivity index (χ0v) is 9.48. The highest BCUT2D eigenvalue weighted by Crippen LogP contribution is 2.26. The van der Waals surface area contributed by atoms with E-state index in [4.69, 9.17) is 17.3 Å². The van der Waals surface area contributed by atoms with Crippen LogP contribution < -0.4 is 5.73 Å². The van der Waals surface area contributed by atoms with Gasteiger partial charge in [-0.3, -0.25) is 0 Å². The molecule has 1 aromatic rings. The van der Waals surface area contributed by atoms with E-state index in [9.17, 15) is 0 Å². The van der Waals surface area contributed by atoms with Crippen molar-refractivity contribution in [2.45, 2.75) is 12.5 Å². The van der Waals surface area contributed by atoms with Crippen LogP contribution in [0.3, 0.4) is 0 Å². The topological polar surface area (TPSA) is 26.0 Å². The molecule has 0 spiro atoms. The lowest BCUT2D eigenvalue weighted by molar-refractivity contribution is 0.741. The maximum Gasteiger partial charge on any atom is 0.0548 e. The number of rotatable bonds is 3. The summed E-state index contributed by atoms with van der Waals surface area (Å²) in [4.78, 5) is 0. The molecule has 0 amide bonds. The minimum absolute atomic E-state index is 0.00562. The van der Waals surface area contributed by atoms with Gasteiger partial charge in [-0.05, 0) is 40.0 Å². The summed E-state index contributed by atoms with van der Waals surface area (Å²) >= 11 is 9.21. The first-order chi connectivity index (χ1) is 6.15. The Kier molecular flexibility index (Phi) is 3.97. The van der Waals surface area contributed by atoms with Crippen molar-refractivity contribution in [1.82, 2.24) is 0 Å². The Morgan fingerprint density at radius 1 is 1.62 bits per heavy atom. The van der Waals surface area contributed by atoms with Gasteiger partial charge in [-0.1, -0.05) is 23.7 Å². The Balaban J connectivity index is 2.89. The van der Waals surface area contributed by atoms with Gasteiger partial charge in [0.1, 0.15) is 0 Å². The summed E-state index contributed by atoms with van der Waals surface area (Å²) < 4.78 is 0.881. The second kappa shape index (κ2) is 4.80. The molecule has 0 fully saturated rings. The summed E-state index contributed by atoms with van der Waals surface area (Å²) in [5, 5.41) is 0.703. The summed E-state index contributed by atoms with van der Waals surface area (Å²) in [6, 6.07) is 5.72. The van der Waals surface area contributed by atoms with Crippen molar-refractivity contribution >= 4 is 27.5 Å². The average molecular weight is 261 g/mol. The molecule has 0 aliphatic rings. The maximum atomic E-state index is 5.89. The van der Waals surface area contributed by atoms with Crippen molar-refractivity contribution < 1.29 is 0 Å². The summed E-state index contributed by atoms with van der Waals surface area (Å²) in [6.07, 6.45) is 2.58. The normalized spacial score (nSPS) is 12.5. The van der Waals surface area contributed by atoms with E-state index >= 15 is 0 Å². The zero-order chi connectivity index (χ0) is 9.84. The van der Waals surface area contributed by atoms with Gasteiger partial charge in [0, 0.05) is 10.5 Å². The van der Waals surface area contributed by atoms with Crippen molar-refractivity contribution in [3.05, 3.63) is 45.9 Å². The van der Waals surface area contributed by atoms with E-state index in [2.05, 4.69) is 22.5 Å². The van der Waals surface area contributed by atoms with Crippen molar-refractivity contribution in [1.29, 1.82) is 0 Å². The second-order valence-electron chi connectivity index (χ2n) is 2.80. The van der Waals surface area contributed by atoms with E-state index in [1.165, 1.54) is 0 Å². The fraction of sp³-hybridized carbons (Fsp3) is 0.200. The molecule has 0 unspecified atom stereocenters. The average Bonchev–Trinajstić information content (AvgIpc) is 2.10. The van der Waals surface area contributed by atoms with Crippen LogP contribution >= 0.6 is 27.5 Å². The Morgan fingerprint density at radius 2 is 2.31 bits per heavy atom. The Morgan fingerprint density at radius 3 is 2.85 bits per heavy atom. The molecule has 0 heterocycles. The van der Waals surface area contributed by atoms with E-state index in [-0.39, 0.29) is 6.04 Å². The van der Waals surface area contributed by atoms with Crippen molar-refractivity contribution in [2.75, 3.05) is 0 Å². The smallest absolute Gasteiger partial charge is 0.0548 e. The molecular formula is C10H11BrClN. The minimum Gasteiger partial charge on any atom is -0.324 e. The molecule has 0 aromatic heterocycles. The predicted octanol–water partition coefficient (Wildman–Crippen LogP) is 3.68. The van der Waals surface area contributed by atoms with Gasteiger partial charge in [0.25, 0.3) is 0 Å². The van der Waals surface area contributed by atoms with Crippen molar-refractivity contribution in [3.8, 4) is 0 Å². The highest BCUT2D eigenvalue weighted by Gasteiger charge is 2.05. The first-order valence-corrected chi connectivity index (χ1v) is 5.13. The monoisotopic (exact) mass is 259 g/mol. The lowest BCUT2D eigenvalue weighted by Crippen LogP contribution is -2.08. The molecule has 0 aliphatic heterocycles. The first-order valence-electron chi connectivity index (χ1n) is 3.96. The summed E-state index contributed by atoms with van der Waals surface area (Å²) in [5.74, 6) is 0. The van der Waals surface area contributed by atoms with Crippen LogP contribution in [0.5, 0.6) is 0 Å². The Bertz CT molecular complexity index is 312. The van der Waals surface area contributed by atoms with Gasteiger partial charge in [-0.2, -0.15) is 0 Å². The lowest BCUT2D eigenvalue weighted by Gasteiger charge is -2.09. The molecule has 1 aromatic carbocycles. The lowest BCUT2D eigenvalue weighted by atomic mass is 10.1. The molecule has 0 bridgehead atoms. The van der Waals surface area contributed by atoms with E-state index in [1.54, 1.807) is 0 Å². The van der Waals surface area contributed by atoms with E-state index < -0.39 is 0 Å². The van der Waals surface area contributed by atoms with Crippen molar-refractivity contribution in [3.63, 3.8) is 0 Å². The minimum atomic E-state index is 0.00562. The molecule has 0 aliphatic carbocycles. The third-order valence-corrected chi connectivity index (χ3v) is 3.01. The highest BCUT2D eigenvalue weighted by atomic mass is 79.9. The van der Waals surface area contributed by atoms with Gasteiger partial charge in [0.15, 0.2) is 0 Å². The molecule has 0 saturated carbocycles. The van der Waals surface area contributed by atoms with Crippen LogP contribution in [0.4, 0.5) is 0 Å². The number of benzene rings is 1. The fourth-order valence-corrected chi connectivity index (χ4v) is 1.57. The second-order valence-corrected chi connectivity index (χ2v) is 4.07. The maximum absolute atomic E-state index is 5.89. The van der Waals surface area contributed by atoms with Crippen LogP contribution in [-0.2, 0) is 0 Å². The number of halogens is 2. The summed E-state index contributed by atoms with van der Waals surface area (Å²) in [6.45, 7) is 3.65. The highest BCUT2D eigenvalue weighted by molar-refractivity contribution is 9.10. The molecule has 70 valence electrons. The molecule has 1 atom stereocenters. The van der Waals surface area contributed by atoms with E-state index in [0.29, 0.717) is 5.02 Å². The van der Waals surface area contributed by atoms with Crippen LogP contribution in [0.25, 0.3) is 0 Å². The standard InChI is InChI=1S/C10H11BrClN/c1-2-3-10(13)7-4-5-9(12)8(11)6-7/h2,4-6,10H,1,3,13H2/t10-/m1/s1. The van der Waals surface area contributed by atoms with Crippen molar-refractivity contribution in [2.24, 2.45) is 5.73 Å². The molecule has 3 heteroatoms. The van der Waals surface area contributed by atoms with Gasteiger partial charge in [0.05, 0.1) is 5.02 Å². The number of nitrogens with two attached hydrogens (primary N) is 1. The number of hydrogen-bond acceptors (Lipinski definition) is 1. The molecule has 0 radical (unpaired) electrons. The quantitative estimate of drug-likeness (QED) is 0.825. The zero-order valence-electron chi connectivity index (χ0n) is 7.13. The van der Waals surface area contributed by atoms with Crippen LogP contribution in [0.1, 0.15) is 18.0 Å². The Hall–Kier alpha value is -0.310. The van der Waals surface area contributed by atoms with Crippen LogP contribution in [-0.4, -0.2) is 0 Å². The van der Waals surface area contributed by atoms with Gasteiger partial charge in [-0.25, -0.2) is 0 Å². The third-order valence-electron chi connectivity index (χ3n) is 1.79. The van der Waals surface area contributed by atoms with E-state index in [1.807, 2.05) is 24.3 Å². The molecule has 2 N–H and O–H groups in total. The number of hydrogen-bond donors (Lipinski definition) is 1. The van der Waals surface area contributed by atoms with Crippen LogP contribution in [0, 0.1) is 0 Å². The van der Waals surface area contributed by atoms with Gasteiger partial charge in [-0.15, -0.1) is 6.58 Å². The first kappa shape index (κ1) is 10.8. The predicted molar refractivity (Wildman–Crippen MR) is 60.9 cm³/mol. The molecule has 1 nitrogen and oxygen atoms in total. The summed E-state index contributed by atoms with van der Waals surface area (Å²) in [7, 11) is 0. The molecular weight excluding hydrogens is 249 g/mol. The molecule has 0 saturated heterocycles. The largest absolute Gasteiger partial charge is 0.324 e. The van der Waals surface area contributed by atoms with E-state index in [0.717, 1.165) is 16.5 Å². The molecule has 1 rings (SSSR count). The van der Waals surface area contributed by atoms with Crippen LogP contribution in [0.2, 0.25) is 5.02 Å². The molecule has 13 heavy (non-hydrogen) atoms.